The highest BCUT2D eigenvalue weighted by Crippen LogP contribution is 2.44. The molecule has 0 saturated heterocycles. The summed E-state index contributed by atoms with van der Waals surface area (Å²) < 4.78 is 5.61. The third-order valence-electron chi connectivity index (χ3n) is 6.73. The number of fused-ring (bicyclic) bond motifs is 3. The van der Waals surface area contributed by atoms with Gasteiger partial charge in [-0.15, -0.1) is 0 Å². The summed E-state index contributed by atoms with van der Waals surface area (Å²) in [5.74, 6) is -1.49. The minimum atomic E-state index is -1.06. The fourth-order valence-electron chi connectivity index (χ4n) is 4.74. The maximum atomic E-state index is 13.0. The van der Waals surface area contributed by atoms with E-state index in [0.717, 1.165) is 35.1 Å². The maximum Gasteiger partial charge on any atom is 0.407 e. The van der Waals surface area contributed by atoms with E-state index in [2.05, 4.69) is 34.9 Å². The zero-order valence-corrected chi connectivity index (χ0v) is 19.3. The number of amides is 2. The quantitative estimate of drug-likeness (QED) is 0.453. The van der Waals surface area contributed by atoms with Crippen LogP contribution in [0.5, 0.6) is 0 Å². The van der Waals surface area contributed by atoms with Gasteiger partial charge in [0.25, 0.3) is 0 Å². The second-order valence-corrected chi connectivity index (χ2v) is 9.11. The van der Waals surface area contributed by atoms with E-state index >= 15 is 0 Å². The lowest BCUT2D eigenvalue weighted by molar-refractivity contribution is -0.118. The van der Waals surface area contributed by atoms with E-state index in [1.54, 1.807) is 19.1 Å². The lowest BCUT2D eigenvalue weighted by Crippen LogP contribution is -2.45. The molecule has 3 aromatic carbocycles. The molecule has 1 fully saturated rings. The summed E-state index contributed by atoms with van der Waals surface area (Å²) >= 11 is 0. The predicted octanol–water partition coefficient (Wildman–Crippen LogP) is 4.95. The van der Waals surface area contributed by atoms with Crippen LogP contribution >= 0.6 is 0 Å². The van der Waals surface area contributed by atoms with Gasteiger partial charge in [-0.2, -0.15) is 0 Å². The number of benzene rings is 3. The lowest BCUT2D eigenvalue weighted by Gasteiger charge is -2.20. The fourth-order valence-corrected chi connectivity index (χ4v) is 4.74. The molecule has 0 aliphatic heterocycles. The molecule has 35 heavy (non-hydrogen) atoms. The molecule has 3 N–H and O–H groups in total. The average molecular weight is 471 g/mol. The molecule has 1 unspecified atom stereocenters. The van der Waals surface area contributed by atoms with Crippen LogP contribution in [0, 0.1) is 12.8 Å². The van der Waals surface area contributed by atoms with Gasteiger partial charge in [0.1, 0.15) is 12.6 Å². The van der Waals surface area contributed by atoms with E-state index in [4.69, 9.17) is 4.74 Å². The molecule has 2 amide bonds. The second-order valence-electron chi connectivity index (χ2n) is 9.11. The van der Waals surface area contributed by atoms with Crippen LogP contribution in [0.25, 0.3) is 11.1 Å². The molecule has 0 aromatic heterocycles. The van der Waals surface area contributed by atoms with Crippen LogP contribution in [0.4, 0.5) is 10.5 Å². The highest BCUT2D eigenvalue weighted by Gasteiger charge is 2.38. The first-order valence-electron chi connectivity index (χ1n) is 11.7. The number of carboxylic acid groups (broad SMARTS) is 1. The van der Waals surface area contributed by atoms with Crippen molar-refractivity contribution in [3.8, 4) is 11.1 Å². The van der Waals surface area contributed by atoms with Crippen LogP contribution in [0.15, 0.2) is 66.7 Å². The molecule has 7 nitrogen and oxygen atoms in total. The Morgan fingerprint density at radius 1 is 0.971 bits per heavy atom. The molecule has 1 atom stereocenters. The van der Waals surface area contributed by atoms with Crippen molar-refractivity contribution in [3.05, 3.63) is 89.0 Å². The number of carbonyl (C=O) groups excluding carboxylic acids is 2. The second kappa shape index (κ2) is 9.25. The molecular weight excluding hydrogens is 444 g/mol. The van der Waals surface area contributed by atoms with Crippen molar-refractivity contribution in [3.63, 3.8) is 0 Å². The molecule has 2 aliphatic rings. The number of aromatic carboxylic acids is 1. The third kappa shape index (κ3) is 4.62. The monoisotopic (exact) mass is 470 g/mol. The molecule has 7 heteroatoms. The van der Waals surface area contributed by atoms with Crippen molar-refractivity contribution in [2.45, 2.75) is 31.7 Å². The highest BCUT2D eigenvalue weighted by molar-refractivity contribution is 5.98. The summed E-state index contributed by atoms with van der Waals surface area (Å²) in [6.45, 7) is 1.86. The van der Waals surface area contributed by atoms with Gasteiger partial charge in [-0.25, -0.2) is 9.59 Å². The molecule has 0 bridgehead atoms. The van der Waals surface area contributed by atoms with Crippen molar-refractivity contribution < 1.29 is 24.2 Å². The Morgan fingerprint density at radius 3 is 2.20 bits per heavy atom. The summed E-state index contributed by atoms with van der Waals surface area (Å²) in [5.41, 5.74) is 5.62. The van der Waals surface area contributed by atoms with Gasteiger partial charge in [-0.1, -0.05) is 54.6 Å². The minimum Gasteiger partial charge on any atom is -0.478 e. The summed E-state index contributed by atoms with van der Waals surface area (Å²) in [6.07, 6.45) is 1.01. The van der Waals surface area contributed by atoms with Crippen molar-refractivity contribution in [1.29, 1.82) is 0 Å². The van der Waals surface area contributed by atoms with E-state index in [1.807, 2.05) is 24.3 Å². The molecule has 0 heterocycles. The number of carbonyl (C=O) groups is 3. The van der Waals surface area contributed by atoms with Gasteiger partial charge in [0.05, 0.1) is 5.56 Å². The summed E-state index contributed by atoms with van der Waals surface area (Å²) in [4.78, 5) is 37.1. The fraction of sp³-hybridized carbons (Fsp3) is 0.250. The van der Waals surface area contributed by atoms with Gasteiger partial charge < -0.3 is 20.5 Å². The zero-order valence-electron chi connectivity index (χ0n) is 19.3. The van der Waals surface area contributed by atoms with E-state index in [0.29, 0.717) is 11.3 Å². The Bertz CT molecular complexity index is 1270. The van der Waals surface area contributed by atoms with Crippen molar-refractivity contribution in [2.75, 3.05) is 11.9 Å². The van der Waals surface area contributed by atoms with Crippen LogP contribution < -0.4 is 10.6 Å². The number of nitrogens with one attached hydrogen (secondary N) is 2. The maximum absolute atomic E-state index is 13.0. The normalized spacial score (nSPS) is 15.0. The topological polar surface area (TPSA) is 105 Å². The molecule has 1 saturated carbocycles. The first-order chi connectivity index (χ1) is 16.9. The van der Waals surface area contributed by atoms with E-state index in [1.165, 1.54) is 6.07 Å². The number of alkyl carbamates (subject to hydrolysis) is 1. The van der Waals surface area contributed by atoms with Gasteiger partial charge in [0, 0.05) is 11.6 Å². The Labute approximate surface area is 203 Å². The Kier molecular flexibility index (Phi) is 5.99. The number of anilines is 1. The molecule has 0 spiro atoms. The van der Waals surface area contributed by atoms with Crippen LogP contribution in [-0.2, 0) is 9.53 Å². The van der Waals surface area contributed by atoms with Crippen LogP contribution in [0.1, 0.15) is 45.8 Å². The Morgan fingerprint density at radius 2 is 1.60 bits per heavy atom. The summed E-state index contributed by atoms with van der Waals surface area (Å²) in [5, 5.41) is 14.8. The molecule has 178 valence electrons. The largest absolute Gasteiger partial charge is 0.478 e. The number of carboxylic acids is 1. The number of hydrogen-bond acceptors (Lipinski definition) is 4. The highest BCUT2D eigenvalue weighted by atomic mass is 16.5. The average Bonchev–Trinajstić information content (AvgIpc) is 3.64. The Balaban J connectivity index is 1.25. The van der Waals surface area contributed by atoms with Gasteiger partial charge in [0.2, 0.25) is 5.91 Å². The van der Waals surface area contributed by atoms with Crippen LogP contribution in [0.3, 0.4) is 0 Å². The van der Waals surface area contributed by atoms with Gasteiger partial charge in [0.15, 0.2) is 0 Å². The molecule has 5 rings (SSSR count). The smallest absolute Gasteiger partial charge is 0.407 e. The van der Waals surface area contributed by atoms with Crippen LogP contribution in [0.2, 0.25) is 0 Å². The number of ether oxygens (including phenoxy) is 1. The van der Waals surface area contributed by atoms with E-state index < -0.39 is 18.1 Å². The summed E-state index contributed by atoms with van der Waals surface area (Å²) in [6, 6.07) is 20.2. The lowest BCUT2D eigenvalue weighted by atomic mass is 9.98. The van der Waals surface area contributed by atoms with Gasteiger partial charge >= 0.3 is 12.1 Å². The minimum absolute atomic E-state index is 0.0277. The number of rotatable bonds is 7. The molecule has 3 aromatic rings. The predicted molar refractivity (Wildman–Crippen MR) is 131 cm³/mol. The molecule has 2 aliphatic carbocycles. The third-order valence-corrected chi connectivity index (χ3v) is 6.73. The number of hydrogen-bond donors (Lipinski definition) is 3. The first kappa shape index (κ1) is 22.7. The SMILES string of the molecule is Cc1ccc(NC(=O)C(NC(=O)OCC2c3ccccc3-c3ccccc32)C2CC2)cc1C(=O)O. The van der Waals surface area contributed by atoms with Gasteiger partial charge in [-0.3, -0.25) is 4.79 Å². The zero-order chi connectivity index (χ0) is 24.5. The van der Waals surface area contributed by atoms with Crippen LogP contribution in [-0.4, -0.2) is 35.7 Å². The van der Waals surface area contributed by atoms with Crippen molar-refractivity contribution in [2.24, 2.45) is 5.92 Å². The van der Waals surface area contributed by atoms with Crippen molar-refractivity contribution >= 4 is 23.7 Å². The van der Waals surface area contributed by atoms with Gasteiger partial charge in [-0.05, 0) is 65.6 Å². The van der Waals surface area contributed by atoms with E-state index in [-0.39, 0.29) is 29.9 Å². The molecule has 0 radical (unpaired) electrons. The first-order valence-corrected chi connectivity index (χ1v) is 11.7. The summed E-state index contributed by atoms with van der Waals surface area (Å²) in [7, 11) is 0. The van der Waals surface area contributed by atoms with Crippen molar-refractivity contribution in [1.82, 2.24) is 5.32 Å². The molecular formula is C28H26N2O5. The van der Waals surface area contributed by atoms with E-state index in [9.17, 15) is 19.5 Å². The standard InChI is InChI=1S/C28H26N2O5/c1-16-10-13-18(14-23(16)27(32)33)29-26(31)25(17-11-12-17)30-28(34)35-15-24-21-8-4-2-6-19(21)20-7-3-5-9-22(20)24/h2-10,13-14,17,24-25H,11-12,15H2,1H3,(H,29,31)(H,30,34)(H,32,33). The Hall–Kier alpha value is -4.13. The number of aryl methyl sites for hydroxylation is 1.